The molecule has 4 N–H and O–H groups in total. The highest BCUT2D eigenvalue weighted by atomic mass is 35.5. The third-order valence-electron chi connectivity index (χ3n) is 3.46. The van der Waals surface area contributed by atoms with E-state index in [1.54, 1.807) is 30.3 Å². The van der Waals surface area contributed by atoms with Crippen LogP contribution < -0.4 is 11.1 Å². The summed E-state index contributed by atoms with van der Waals surface area (Å²) in [5.74, 6) is -0.929. The van der Waals surface area contributed by atoms with Crippen LogP contribution in [0.2, 0.25) is 5.02 Å². The maximum absolute atomic E-state index is 12.2. The molecule has 6 heteroatoms. The number of aryl methyl sites for hydroxylation is 1. The van der Waals surface area contributed by atoms with E-state index in [4.69, 9.17) is 17.3 Å². The van der Waals surface area contributed by atoms with E-state index >= 15 is 0 Å². The summed E-state index contributed by atoms with van der Waals surface area (Å²) < 4.78 is 0. The van der Waals surface area contributed by atoms with Gasteiger partial charge in [-0.3, -0.25) is 9.59 Å². The van der Waals surface area contributed by atoms with Crippen LogP contribution in [-0.2, 0) is 11.2 Å². The van der Waals surface area contributed by atoms with E-state index in [0.717, 1.165) is 11.1 Å². The molecular weight excluding hydrogens is 316 g/mol. The molecule has 5 nitrogen and oxygen atoms in total. The number of carbonyl (C=O) groups is 2. The van der Waals surface area contributed by atoms with Crippen LogP contribution in [0.15, 0.2) is 42.5 Å². The maximum atomic E-state index is 12.2. The largest absolute Gasteiger partial charge is 0.508 e. The zero-order valence-corrected chi connectivity index (χ0v) is 13.3. The van der Waals surface area contributed by atoms with Gasteiger partial charge in [0, 0.05) is 17.0 Å². The molecule has 0 unspecified atom stereocenters. The number of carbonyl (C=O) groups excluding carboxylic acids is 2. The van der Waals surface area contributed by atoms with Crippen LogP contribution in [0.3, 0.4) is 0 Å². The van der Waals surface area contributed by atoms with Gasteiger partial charge in [0.1, 0.15) is 11.8 Å². The van der Waals surface area contributed by atoms with Gasteiger partial charge in [-0.25, -0.2) is 0 Å². The van der Waals surface area contributed by atoms with E-state index in [1.807, 2.05) is 6.92 Å². The lowest BCUT2D eigenvalue weighted by Gasteiger charge is -2.16. The molecule has 0 saturated carbocycles. The lowest BCUT2D eigenvalue weighted by molar-refractivity contribution is -0.119. The van der Waals surface area contributed by atoms with E-state index in [1.165, 1.54) is 12.1 Å². The van der Waals surface area contributed by atoms with Gasteiger partial charge in [0.2, 0.25) is 5.91 Å². The first kappa shape index (κ1) is 16.8. The smallest absolute Gasteiger partial charge is 0.251 e. The van der Waals surface area contributed by atoms with E-state index in [2.05, 4.69) is 5.32 Å². The van der Waals surface area contributed by atoms with Crippen LogP contribution in [0.4, 0.5) is 0 Å². The van der Waals surface area contributed by atoms with Gasteiger partial charge in [-0.2, -0.15) is 0 Å². The average molecular weight is 333 g/mol. The molecule has 0 radical (unpaired) electrons. The van der Waals surface area contributed by atoms with Crippen LogP contribution in [0.5, 0.6) is 5.75 Å². The number of hydrogen-bond donors (Lipinski definition) is 3. The van der Waals surface area contributed by atoms with Crippen LogP contribution in [0.25, 0.3) is 0 Å². The fraction of sp³-hybridized carbons (Fsp3) is 0.176. The average Bonchev–Trinajstić information content (AvgIpc) is 2.51. The second-order valence-corrected chi connectivity index (χ2v) is 5.67. The molecule has 0 aromatic heterocycles. The number of nitrogens with one attached hydrogen (secondary N) is 1. The normalized spacial score (nSPS) is 11.7. The summed E-state index contributed by atoms with van der Waals surface area (Å²) in [4.78, 5) is 23.8. The minimum Gasteiger partial charge on any atom is -0.508 e. The summed E-state index contributed by atoms with van der Waals surface area (Å²) in [5, 5.41) is 12.4. The van der Waals surface area contributed by atoms with Gasteiger partial charge in [-0.1, -0.05) is 29.8 Å². The predicted octanol–water partition coefficient (Wildman–Crippen LogP) is 2.18. The Morgan fingerprint density at radius 1 is 1.22 bits per heavy atom. The molecule has 1 atom stereocenters. The predicted molar refractivity (Wildman–Crippen MR) is 88.4 cm³/mol. The number of amides is 2. The van der Waals surface area contributed by atoms with E-state index in [9.17, 15) is 14.7 Å². The number of primary amides is 1. The first-order chi connectivity index (χ1) is 10.9. The molecule has 0 saturated heterocycles. The first-order valence-electron chi connectivity index (χ1n) is 7.01. The van der Waals surface area contributed by atoms with Gasteiger partial charge >= 0.3 is 0 Å². The van der Waals surface area contributed by atoms with E-state index < -0.39 is 17.9 Å². The molecule has 0 bridgehead atoms. The van der Waals surface area contributed by atoms with E-state index in [-0.39, 0.29) is 12.2 Å². The molecule has 0 fully saturated rings. The van der Waals surface area contributed by atoms with Crippen molar-refractivity contribution in [2.24, 2.45) is 5.73 Å². The lowest BCUT2D eigenvalue weighted by Crippen LogP contribution is -2.45. The van der Waals surface area contributed by atoms with Crippen LogP contribution in [-0.4, -0.2) is 23.0 Å². The van der Waals surface area contributed by atoms with Gasteiger partial charge in [-0.05, 0) is 42.3 Å². The summed E-state index contributed by atoms with van der Waals surface area (Å²) in [6.07, 6.45) is 0.237. The number of rotatable bonds is 5. The fourth-order valence-electron chi connectivity index (χ4n) is 2.07. The summed E-state index contributed by atoms with van der Waals surface area (Å²) in [5.41, 5.74) is 7.36. The van der Waals surface area contributed by atoms with Crippen LogP contribution in [0.1, 0.15) is 21.5 Å². The van der Waals surface area contributed by atoms with Gasteiger partial charge in [0.25, 0.3) is 5.91 Å². The molecule has 2 aromatic rings. The quantitative estimate of drug-likeness (QED) is 0.783. The SMILES string of the molecule is Cc1ccc(C(=O)N[C@@H](Cc2ccc(O)cc2)C(N)=O)cc1Cl. The second-order valence-electron chi connectivity index (χ2n) is 5.26. The van der Waals surface area contributed by atoms with Crippen molar-refractivity contribution in [1.29, 1.82) is 0 Å². The topological polar surface area (TPSA) is 92.4 Å². The van der Waals surface area contributed by atoms with Crippen molar-refractivity contribution in [2.75, 3.05) is 0 Å². The van der Waals surface area contributed by atoms with Crippen LogP contribution in [0, 0.1) is 6.92 Å². The van der Waals surface area contributed by atoms with E-state index in [0.29, 0.717) is 10.6 Å². The number of benzene rings is 2. The molecule has 0 heterocycles. The number of nitrogens with two attached hydrogens (primary N) is 1. The molecule has 2 aromatic carbocycles. The molecule has 120 valence electrons. The second kappa shape index (κ2) is 7.15. The maximum Gasteiger partial charge on any atom is 0.251 e. The van der Waals surface area contributed by atoms with Crippen molar-refractivity contribution in [2.45, 2.75) is 19.4 Å². The molecule has 0 spiro atoms. The molecule has 2 amide bonds. The summed E-state index contributed by atoms with van der Waals surface area (Å²) >= 11 is 6.01. The summed E-state index contributed by atoms with van der Waals surface area (Å²) in [6.45, 7) is 1.83. The van der Waals surface area contributed by atoms with Crippen molar-refractivity contribution < 1.29 is 14.7 Å². The molecule has 0 aliphatic heterocycles. The Morgan fingerprint density at radius 2 is 1.87 bits per heavy atom. The number of phenolic OH excluding ortho intramolecular Hbond substituents is 1. The molecule has 23 heavy (non-hydrogen) atoms. The van der Waals surface area contributed by atoms with Gasteiger partial charge in [-0.15, -0.1) is 0 Å². The van der Waals surface area contributed by atoms with Crippen molar-refractivity contribution in [3.63, 3.8) is 0 Å². The Kier molecular flexibility index (Phi) is 5.24. The summed E-state index contributed by atoms with van der Waals surface area (Å²) in [6, 6.07) is 10.4. The highest BCUT2D eigenvalue weighted by Crippen LogP contribution is 2.17. The Morgan fingerprint density at radius 3 is 2.43 bits per heavy atom. The fourth-order valence-corrected chi connectivity index (χ4v) is 2.25. The lowest BCUT2D eigenvalue weighted by atomic mass is 10.0. The highest BCUT2D eigenvalue weighted by molar-refractivity contribution is 6.31. The number of phenols is 1. The minimum absolute atomic E-state index is 0.128. The third kappa shape index (κ3) is 4.47. The zero-order chi connectivity index (χ0) is 17.0. The van der Waals surface area contributed by atoms with Crippen LogP contribution >= 0.6 is 11.6 Å². The third-order valence-corrected chi connectivity index (χ3v) is 3.87. The zero-order valence-electron chi connectivity index (χ0n) is 12.5. The van der Waals surface area contributed by atoms with Gasteiger partial charge in [0.15, 0.2) is 0 Å². The van der Waals surface area contributed by atoms with Crippen molar-refractivity contribution in [3.05, 3.63) is 64.2 Å². The molecular formula is C17H17ClN2O3. The minimum atomic E-state index is -0.855. The Hall–Kier alpha value is -2.53. The Labute approximate surface area is 139 Å². The molecule has 0 aliphatic rings. The van der Waals surface area contributed by atoms with Gasteiger partial charge < -0.3 is 16.2 Å². The first-order valence-corrected chi connectivity index (χ1v) is 7.39. The van der Waals surface area contributed by atoms with Crippen molar-refractivity contribution in [1.82, 2.24) is 5.32 Å². The standard InChI is InChI=1S/C17H17ClN2O3/c1-10-2-5-12(9-14(10)18)17(23)20-15(16(19)22)8-11-3-6-13(21)7-4-11/h2-7,9,15,21H,8H2,1H3,(H2,19,22)(H,20,23)/t15-/m0/s1. The summed E-state index contributed by atoms with van der Waals surface area (Å²) in [7, 11) is 0. The number of halogens is 1. The Bertz CT molecular complexity index is 729. The monoisotopic (exact) mass is 332 g/mol. The van der Waals surface area contributed by atoms with Gasteiger partial charge in [0.05, 0.1) is 0 Å². The molecule has 0 aliphatic carbocycles. The molecule has 2 rings (SSSR count). The Balaban J connectivity index is 2.12. The van der Waals surface area contributed by atoms with Crippen molar-refractivity contribution in [3.8, 4) is 5.75 Å². The number of hydrogen-bond acceptors (Lipinski definition) is 3. The highest BCUT2D eigenvalue weighted by Gasteiger charge is 2.19. The number of aromatic hydroxyl groups is 1. The van der Waals surface area contributed by atoms with Crippen molar-refractivity contribution >= 4 is 23.4 Å².